The number of aromatic nitrogens is 2. The van der Waals surface area contributed by atoms with Crippen LogP contribution in [0.5, 0.6) is 0 Å². The second-order valence-electron chi connectivity index (χ2n) is 6.42. The third-order valence-corrected chi connectivity index (χ3v) is 4.79. The van der Waals surface area contributed by atoms with Gasteiger partial charge in [-0.15, -0.1) is 0 Å². The van der Waals surface area contributed by atoms with Gasteiger partial charge in [-0.2, -0.15) is 0 Å². The molecule has 0 saturated heterocycles. The lowest BCUT2D eigenvalue weighted by molar-refractivity contribution is -0.124. The number of hydrogen-bond acceptors (Lipinski definition) is 3. The number of nitrogens with two attached hydrogens (primary N) is 1. The molecule has 5 nitrogen and oxygen atoms in total. The first kappa shape index (κ1) is 14.9. The van der Waals surface area contributed by atoms with Crippen molar-refractivity contribution < 1.29 is 4.79 Å². The Morgan fingerprint density at radius 1 is 1.21 bits per heavy atom. The topological polar surface area (TPSA) is 63.6 Å². The van der Waals surface area contributed by atoms with Gasteiger partial charge >= 0.3 is 0 Å². The van der Waals surface area contributed by atoms with Crippen LogP contribution in [-0.2, 0) is 24.3 Å². The molecule has 0 saturated carbocycles. The molecule has 2 N–H and O–H groups in total. The number of carbonyl (C=O) groups is 1. The number of imidazole rings is 1. The Bertz CT molecular complexity index is 915. The van der Waals surface area contributed by atoms with Gasteiger partial charge in [-0.1, -0.05) is 30.3 Å². The highest BCUT2D eigenvalue weighted by molar-refractivity contribution is 5.80. The molecule has 3 aromatic rings. The Morgan fingerprint density at radius 3 is 2.75 bits per heavy atom. The zero-order chi connectivity index (χ0) is 16.7. The number of aryl methyl sites for hydroxylation is 1. The second-order valence-corrected chi connectivity index (χ2v) is 6.42. The zero-order valence-electron chi connectivity index (χ0n) is 13.6. The number of rotatable bonds is 3. The number of pyridine rings is 1. The van der Waals surface area contributed by atoms with Crippen LogP contribution < -0.4 is 5.73 Å². The number of fused-ring (bicyclic) bond motifs is 2. The van der Waals surface area contributed by atoms with Crippen molar-refractivity contribution >= 4 is 11.6 Å². The van der Waals surface area contributed by atoms with E-state index in [1.807, 2.05) is 30.5 Å². The average molecular weight is 320 g/mol. The Morgan fingerprint density at radius 2 is 2.00 bits per heavy atom. The largest absolute Gasteiger partial charge is 0.368 e. The quantitative estimate of drug-likeness (QED) is 0.803. The Hall–Kier alpha value is -2.66. The van der Waals surface area contributed by atoms with Crippen LogP contribution in [0, 0.1) is 6.92 Å². The van der Waals surface area contributed by atoms with Crippen LogP contribution in [0.1, 0.15) is 22.5 Å². The number of benzene rings is 1. The van der Waals surface area contributed by atoms with E-state index < -0.39 is 0 Å². The van der Waals surface area contributed by atoms with Crippen molar-refractivity contribution in [2.75, 3.05) is 0 Å². The standard InChI is InChI=1S/C19H20N4O/c1-13-5-4-8-18-21-16(12-23(13)18)11-22-10-15-7-3-2-6-14(15)9-17(22)19(20)24/h2-8,12,17H,9-11H2,1H3,(H2,20,24)/t17-/m0/s1. The highest BCUT2D eigenvalue weighted by Crippen LogP contribution is 2.25. The van der Waals surface area contributed by atoms with Crippen LogP contribution in [-0.4, -0.2) is 26.2 Å². The molecule has 24 heavy (non-hydrogen) atoms. The molecule has 1 aromatic carbocycles. The van der Waals surface area contributed by atoms with Crippen LogP contribution in [0.15, 0.2) is 48.7 Å². The minimum atomic E-state index is -0.286. The molecule has 0 spiro atoms. The number of amides is 1. The normalized spacial score (nSPS) is 17.8. The monoisotopic (exact) mass is 320 g/mol. The van der Waals surface area contributed by atoms with Gasteiger partial charge in [-0.25, -0.2) is 4.98 Å². The lowest BCUT2D eigenvalue weighted by atomic mass is 9.93. The predicted molar refractivity (Wildman–Crippen MR) is 92.3 cm³/mol. The zero-order valence-corrected chi connectivity index (χ0v) is 13.6. The Balaban J connectivity index is 1.66. The molecule has 1 aliphatic heterocycles. The molecule has 2 aromatic heterocycles. The summed E-state index contributed by atoms with van der Waals surface area (Å²) in [7, 11) is 0. The molecule has 0 unspecified atom stereocenters. The van der Waals surface area contributed by atoms with E-state index in [2.05, 4.69) is 39.4 Å². The van der Waals surface area contributed by atoms with Crippen LogP contribution in [0.25, 0.3) is 5.65 Å². The molecule has 0 bridgehead atoms. The molecule has 5 heteroatoms. The van der Waals surface area contributed by atoms with Crippen LogP contribution in [0.4, 0.5) is 0 Å². The molecule has 122 valence electrons. The van der Waals surface area contributed by atoms with Gasteiger partial charge in [-0.05, 0) is 36.6 Å². The summed E-state index contributed by atoms with van der Waals surface area (Å²) in [5.74, 6) is -0.274. The molecule has 0 radical (unpaired) electrons. The van der Waals surface area contributed by atoms with Gasteiger partial charge in [0.15, 0.2) is 0 Å². The third kappa shape index (κ3) is 2.57. The summed E-state index contributed by atoms with van der Waals surface area (Å²) in [6, 6.07) is 14.0. The van der Waals surface area contributed by atoms with E-state index in [4.69, 9.17) is 5.73 Å². The van der Waals surface area contributed by atoms with Crippen molar-refractivity contribution in [2.45, 2.75) is 32.5 Å². The van der Waals surface area contributed by atoms with Crippen LogP contribution >= 0.6 is 0 Å². The molecule has 1 atom stereocenters. The lowest BCUT2D eigenvalue weighted by Gasteiger charge is -2.34. The van der Waals surface area contributed by atoms with E-state index in [1.54, 1.807) is 0 Å². The number of primary amides is 1. The molecule has 4 rings (SSSR count). The molecule has 1 amide bonds. The highest BCUT2D eigenvalue weighted by Gasteiger charge is 2.30. The van der Waals surface area contributed by atoms with Crippen LogP contribution in [0.3, 0.4) is 0 Å². The number of carbonyl (C=O) groups excluding carboxylic acids is 1. The Labute approximate surface area is 140 Å². The maximum Gasteiger partial charge on any atom is 0.235 e. The molecular formula is C19H20N4O. The van der Waals surface area contributed by atoms with Crippen molar-refractivity contribution in [3.05, 3.63) is 71.2 Å². The first-order chi connectivity index (χ1) is 11.6. The summed E-state index contributed by atoms with van der Waals surface area (Å²) in [5, 5.41) is 0. The highest BCUT2D eigenvalue weighted by atomic mass is 16.1. The number of hydrogen-bond donors (Lipinski definition) is 1. The van der Waals surface area contributed by atoms with Crippen LogP contribution in [0.2, 0.25) is 0 Å². The van der Waals surface area contributed by atoms with E-state index in [-0.39, 0.29) is 11.9 Å². The van der Waals surface area contributed by atoms with Crippen molar-refractivity contribution in [1.29, 1.82) is 0 Å². The fraction of sp³-hybridized carbons (Fsp3) is 0.263. The SMILES string of the molecule is Cc1cccc2nc(CN3Cc4ccccc4C[C@H]3C(N)=O)cn12. The van der Waals surface area contributed by atoms with Gasteiger partial charge in [0.25, 0.3) is 0 Å². The fourth-order valence-corrected chi connectivity index (χ4v) is 3.51. The number of nitrogens with zero attached hydrogens (tertiary/aromatic N) is 3. The maximum absolute atomic E-state index is 11.9. The molecule has 0 fully saturated rings. The minimum absolute atomic E-state index is 0.274. The third-order valence-electron chi connectivity index (χ3n) is 4.79. The van der Waals surface area contributed by atoms with E-state index in [9.17, 15) is 4.79 Å². The summed E-state index contributed by atoms with van der Waals surface area (Å²) < 4.78 is 2.08. The van der Waals surface area contributed by atoms with E-state index in [1.165, 1.54) is 11.1 Å². The maximum atomic E-state index is 11.9. The van der Waals surface area contributed by atoms with Crippen molar-refractivity contribution in [3.8, 4) is 0 Å². The fourth-order valence-electron chi connectivity index (χ4n) is 3.51. The molecular weight excluding hydrogens is 300 g/mol. The summed E-state index contributed by atoms with van der Waals surface area (Å²) in [4.78, 5) is 18.8. The van der Waals surface area contributed by atoms with Gasteiger partial charge in [-0.3, -0.25) is 9.69 Å². The lowest BCUT2D eigenvalue weighted by Crippen LogP contribution is -2.48. The Kier molecular flexibility index (Phi) is 3.58. The van der Waals surface area contributed by atoms with Crippen molar-refractivity contribution in [2.24, 2.45) is 5.73 Å². The molecule has 0 aliphatic carbocycles. The summed E-state index contributed by atoms with van der Waals surface area (Å²) >= 11 is 0. The van der Waals surface area contributed by atoms with E-state index in [0.717, 1.165) is 23.6 Å². The van der Waals surface area contributed by atoms with Gasteiger partial charge < -0.3 is 10.1 Å². The van der Waals surface area contributed by atoms with Crippen molar-refractivity contribution in [1.82, 2.24) is 14.3 Å². The smallest absolute Gasteiger partial charge is 0.235 e. The second kappa shape index (κ2) is 5.76. The van der Waals surface area contributed by atoms with E-state index in [0.29, 0.717) is 13.0 Å². The summed E-state index contributed by atoms with van der Waals surface area (Å²) in [6.07, 6.45) is 2.71. The average Bonchev–Trinajstić information content (AvgIpc) is 2.98. The minimum Gasteiger partial charge on any atom is -0.368 e. The molecule has 3 heterocycles. The van der Waals surface area contributed by atoms with Crippen molar-refractivity contribution in [3.63, 3.8) is 0 Å². The van der Waals surface area contributed by atoms with Gasteiger partial charge in [0.1, 0.15) is 5.65 Å². The van der Waals surface area contributed by atoms with E-state index >= 15 is 0 Å². The first-order valence-corrected chi connectivity index (χ1v) is 8.15. The van der Waals surface area contributed by atoms with Gasteiger partial charge in [0.2, 0.25) is 5.91 Å². The predicted octanol–water partition coefficient (Wildman–Crippen LogP) is 2.05. The summed E-state index contributed by atoms with van der Waals surface area (Å²) in [6.45, 7) is 3.39. The summed E-state index contributed by atoms with van der Waals surface area (Å²) in [5.41, 5.74) is 11.2. The first-order valence-electron chi connectivity index (χ1n) is 8.15. The van der Waals surface area contributed by atoms with Gasteiger partial charge in [0.05, 0.1) is 11.7 Å². The van der Waals surface area contributed by atoms with Gasteiger partial charge in [0, 0.05) is 25.0 Å². The molecule has 1 aliphatic rings.